The minimum Gasteiger partial charge on any atom is -0.402 e. The van der Waals surface area contributed by atoms with Crippen molar-refractivity contribution in [2.45, 2.75) is 96.3 Å². The number of halogens is 4. The van der Waals surface area contributed by atoms with E-state index >= 15 is 0 Å². The number of hydrogen-bond donors (Lipinski definition) is 0. The zero-order chi connectivity index (χ0) is 23.4. The second-order valence-corrected chi connectivity index (χ2v) is 10.3. The molecule has 5 heteroatoms. The maximum Gasteiger partial charge on any atom is 0.573 e. The van der Waals surface area contributed by atoms with Gasteiger partial charge >= 0.3 is 6.36 Å². The fourth-order valence-electron chi connectivity index (χ4n) is 6.35. The van der Waals surface area contributed by atoms with Gasteiger partial charge in [-0.1, -0.05) is 76.1 Å². The van der Waals surface area contributed by atoms with Crippen molar-refractivity contribution in [2.24, 2.45) is 17.8 Å². The van der Waals surface area contributed by atoms with Crippen LogP contribution in [0.2, 0.25) is 0 Å². The van der Waals surface area contributed by atoms with Gasteiger partial charge in [0, 0.05) is 5.39 Å². The average molecular weight is 465 g/mol. The molecular formula is C28H36F4O. The monoisotopic (exact) mass is 464 g/mol. The first-order valence-corrected chi connectivity index (χ1v) is 12.8. The Morgan fingerprint density at radius 1 is 0.879 bits per heavy atom. The first kappa shape index (κ1) is 24.3. The van der Waals surface area contributed by atoms with Crippen LogP contribution in [0.4, 0.5) is 17.6 Å². The van der Waals surface area contributed by atoms with Crippen LogP contribution < -0.4 is 4.74 Å². The van der Waals surface area contributed by atoms with Crippen molar-refractivity contribution >= 4 is 10.8 Å². The highest BCUT2D eigenvalue weighted by molar-refractivity contribution is 5.89. The van der Waals surface area contributed by atoms with Crippen molar-refractivity contribution < 1.29 is 22.3 Å². The van der Waals surface area contributed by atoms with E-state index in [2.05, 4.69) is 11.7 Å². The van der Waals surface area contributed by atoms with Crippen molar-refractivity contribution in [2.75, 3.05) is 0 Å². The van der Waals surface area contributed by atoms with Crippen molar-refractivity contribution in [3.05, 3.63) is 41.7 Å². The summed E-state index contributed by atoms with van der Waals surface area (Å²) >= 11 is 0. The average Bonchev–Trinajstić information content (AvgIpc) is 2.79. The Labute approximate surface area is 194 Å². The Kier molecular flexibility index (Phi) is 7.86. The topological polar surface area (TPSA) is 9.23 Å². The van der Waals surface area contributed by atoms with Gasteiger partial charge in [0.05, 0.1) is 0 Å². The van der Waals surface area contributed by atoms with Crippen LogP contribution in [-0.4, -0.2) is 6.36 Å². The quantitative estimate of drug-likeness (QED) is 0.279. The maximum absolute atomic E-state index is 14.0. The van der Waals surface area contributed by atoms with E-state index in [1.54, 1.807) is 12.1 Å². The SMILES string of the molecule is CCCCCCCC1CCC2CC(c3ccc4c(OC(F)(F)F)c(F)ccc4c3)CCC2C1. The Morgan fingerprint density at radius 3 is 2.42 bits per heavy atom. The van der Waals surface area contributed by atoms with Gasteiger partial charge in [0.1, 0.15) is 0 Å². The van der Waals surface area contributed by atoms with Crippen LogP contribution in [0.25, 0.3) is 10.8 Å². The van der Waals surface area contributed by atoms with Gasteiger partial charge in [-0.3, -0.25) is 0 Å². The standard InChI is InChI=1S/C28H36F4O/c1-2-3-4-5-6-7-19-8-9-21-17-22(11-10-20(21)16-19)23-12-14-25-24(18-23)13-15-26(29)27(25)33-28(30,31)32/h12-15,18-22H,2-11,16-17H2,1H3. The van der Waals surface area contributed by atoms with Crippen molar-refractivity contribution in [1.82, 2.24) is 0 Å². The minimum absolute atomic E-state index is 0.171. The molecule has 1 nitrogen and oxygen atoms in total. The molecule has 4 unspecified atom stereocenters. The third-order valence-electron chi connectivity index (χ3n) is 8.07. The molecule has 0 saturated heterocycles. The Bertz CT molecular complexity index is 922. The van der Waals surface area contributed by atoms with E-state index in [1.807, 2.05) is 12.1 Å². The summed E-state index contributed by atoms with van der Waals surface area (Å²) in [5, 5.41) is 0.770. The first-order chi connectivity index (χ1) is 15.8. The molecule has 0 aliphatic heterocycles. The number of benzene rings is 2. The maximum atomic E-state index is 14.0. The fourth-order valence-corrected chi connectivity index (χ4v) is 6.35. The molecule has 0 amide bonds. The first-order valence-electron chi connectivity index (χ1n) is 12.8. The molecule has 0 N–H and O–H groups in total. The summed E-state index contributed by atoms with van der Waals surface area (Å²) in [6.07, 6.45) is 10.8. The number of fused-ring (bicyclic) bond motifs is 2. The molecule has 2 fully saturated rings. The van der Waals surface area contributed by atoms with Crippen molar-refractivity contribution in [3.63, 3.8) is 0 Å². The molecule has 4 atom stereocenters. The molecule has 182 valence electrons. The summed E-state index contributed by atoms with van der Waals surface area (Å²) in [5.41, 5.74) is 1.16. The van der Waals surface area contributed by atoms with E-state index < -0.39 is 17.9 Å². The normalized spacial score (nSPS) is 25.7. The molecule has 2 aliphatic carbocycles. The van der Waals surface area contributed by atoms with E-state index in [0.29, 0.717) is 11.3 Å². The smallest absolute Gasteiger partial charge is 0.402 e. The highest BCUT2D eigenvalue weighted by atomic mass is 19.4. The van der Waals surface area contributed by atoms with Crippen molar-refractivity contribution in [1.29, 1.82) is 0 Å². The lowest BCUT2D eigenvalue weighted by molar-refractivity contribution is -0.275. The van der Waals surface area contributed by atoms with E-state index in [-0.39, 0.29) is 5.39 Å². The Hall–Kier alpha value is -1.78. The zero-order valence-electron chi connectivity index (χ0n) is 19.6. The largest absolute Gasteiger partial charge is 0.573 e. The summed E-state index contributed by atoms with van der Waals surface area (Å²) in [5.74, 6) is 1.19. The molecular weight excluding hydrogens is 428 g/mol. The van der Waals surface area contributed by atoms with Crippen LogP contribution in [0, 0.1) is 23.6 Å². The Balaban J connectivity index is 1.38. The highest BCUT2D eigenvalue weighted by Crippen LogP contribution is 2.49. The number of unbranched alkanes of at least 4 members (excludes halogenated alkanes) is 4. The van der Waals surface area contributed by atoms with Gasteiger partial charge < -0.3 is 4.74 Å². The molecule has 0 spiro atoms. The van der Waals surface area contributed by atoms with E-state index in [9.17, 15) is 17.6 Å². The lowest BCUT2D eigenvalue weighted by Gasteiger charge is -2.42. The van der Waals surface area contributed by atoms with Gasteiger partial charge in [0.15, 0.2) is 11.6 Å². The molecule has 0 aromatic heterocycles. The van der Waals surface area contributed by atoms with Gasteiger partial charge in [-0.15, -0.1) is 13.2 Å². The Morgan fingerprint density at radius 2 is 1.64 bits per heavy atom. The van der Waals surface area contributed by atoms with Crippen LogP contribution in [0.1, 0.15) is 95.5 Å². The summed E-state index contributed by atoms with van der Waals surface area (Å²) in [4.78, 5) is 0. The van der Waals surface area contributed by atoms with Crippen LogP contribution in [0.3, 0.4) is 0 Å². The van der Waals surface area contributed by atoms with E-state index in [1.165, 1.54) is 64.2 Å². The number of ether oxygens (including phenoxy) is 1. The fraction of sp³-hybridized carbons (Fsp3) is 0.643. The minimum atomic E-state index is -4.92. The molecule has 0 heterocycles. The second kappa shape index (κ2) is 10.7. The molecule has 2 saturated carbocycles. The zero-order valence-corrected chi connectivity index (χ0v) is 19.6. The lowest BCUT2D eigenvalue weighted by atomic mass is 9.63. The number of alkyl halides is 3. The molecule has 4 rings (SSSR count). The third kappa shape index (κ3) is 6.22. The van der Waals surface area contributed by atoms with Gasteiger partial charge in [0.25, 0.3) is 0 Å². The van der Waals surface area contributed by atoms with Crippen molar-refractivity contribution in [3.8, 4) is 5.75 Å². The van der Waals surface area contributed by atoms with E-state index in [0.717, 1.165) is 42.2 Å². The van der Waals surface area contributed by atoms with Crippen LogP contribution in [-0.2, 0) is 0 Å². The summed E-state index contributed by atoms with van der Waals surface area (Å²) in [7, 11) is 0. The molecule has 33 heavy (non-hydrogen) atoms. The summed E-state index contributed by atoms with van der Waals surface area (Å²) in [6, 6.07) is 8.02. The van der Waals surface area contributed by atoms with Crippen LogP contribution in [0.5, 0.6) is 5.75 Å². The van der Waals surface area contributed by atoms with Gasteiger partial charge in [-0.2, -0.15) is 0 Å². The molecule has 0 radical (unpaired) electrons. The highest BCUT2D eigenvalue weighted by Gasteiger charge is 2.36. The van der Waals surface area contributed by atoms with Crippen LogP contribution in [0.15, 0.2) is 30.3 Å². The molecule has 0 bridgehead atoms. The molecule has 2 aliphatic rings. The van der Waals surface area contributed by atoms with Gasteiger partial charge in [-0.25, -0.2) is 4.39 Å². The molecule has 2 aromatic rings. The van der Waals surface area contributed by atoms with Crippen LogP contribution >= 0.6 is 0 Å². The predicted octanol–water partition coefficient (Wildman–Crippen LogP) is 9.54. The molecule has 2 aromatic carbocycles. The predicted molar refractivity (Wildman–Crippen MR) is 125 cm³/mol. The third-order valence-corrected chi connectivity index (χ3v) is 8.07. The summed E-state index contributed by atoms with van der Waals surface area (Å²) < 4.78 is 56.2. The number of hydrogen-bond acceptors (Lipinski definition) is 1. The lowest BCUT2D eigenvalue weighted by Crippen LogP contribution is -2.30. The van der Waals surface area contributed by atoms with Gasteiger partial charge in [-0.05, 0) is 72.8 Å². The number of rotatable bonds is 8. The summed E-state index contributed by atoms with van der Waals surface area (Å²) in [6.45, 7) is 2.26. The second-order valence-electron chi connectivity index (χ2n) is 10.3. The van der Waals surface area contributed by atoms with Gasteiger partial charge in [0.2, 0.25) is 0 Å². The van der Waals surface area contributed by atoms with E-state index in [4.69, 9.17) is 0 Å².